The third kappa shape index (κ3) is 2.12. The van der Waals surface area contributed by atoms with Gasteiger partial charge in [0.2, 0.25) is 8.01 Å². The molecule has 0 unspecified atom stereocenters. The molecule has 1 aliphatic carbocycles. The first-order chi connectivity index (χ1) is 10.7. The van der Waals surface area contributed by atoms with Crippen LogP contribution >= 0.6 is 8.01 Å². The van der Waals surface area contributed by atoms with E-state index in [2.05, 4.69) is 50.3 Å². The second-order valence-corrected chi connectivity index (χ2v) is 7.16. The van der Waals surface area contributed by atoms with E-state index in [-0.39, 0.29) is 5.66 Å². The van der Waals surface area contributed by atoms with E-state index in [9.17, 15) is 0 Å². The average Bonchev–Trinajstić information content (AvgIpc) is 2.97. The third-order valence-electron chi connectivity index (χ3n) is 4.07. The molecule has 0 N–H and O–H groups in total. The summed E-state index contributed by atoms with van der Waals surface area (Å²) in [4.78, 5) is 0. The Morgan fingerprint density at radius 1 is 0.773 bits per heavy atom. The summed E-state index contributed by atoms with van der Waals surface area (Å²) in [6, 6.07) is 12.4. The Kier molecular flexibility index (Phi) is 3.20. The maximum Gasteiger partial charge on any atom is 0.228 e. The molecule has 0 fully saturated rings. The lowest BCUT2D eigenvalue weighted by atomic mass is 10.0. The van der Waals surface area contributed by atoms with Crippen LogP contribution in [0.15, 0.2) is 69.1 Å². The van der Waals surface area contributed by atoms with Crippen LogP contribution in [-0.4, -0.2) is 0 Å². The smallest absolute Gasteiger partial charge is 0.228 e. The lowest BCUT2D eigenvalue weighted by Crippen LogP contribution is -1.80. The normalized spacial score (nSPS) is 14.3. The molecule has 0 spiro atoms. The minimum Gasteiger partial charge on any atom is -0.418 e. The molecule has 1 heterocycles. The highest BCUT2D eigenvalue weighted by Gasteiger charge is 2.15. The summed E-state index contributed by atoms with van der Waals surface area (Å²) in [5.41, 5.74) is 4.48. The molecule has 3 heteroatoms. The van der Waals surface area contributed by atoms with E-state index in [4.69, 9.17) is 8.39 Å². The largest absolute Gasteiger partial charge is 0.418 e. The van der Waals surface area contributed by atoms with Gasteiger partial charge in [-0.2, -0.15) is 0 Å². The zero-order chi connectivity index (χ0) is 15.1. The zero-order valence-electron chi connectivity index (χ0n) is 12.6. The minimum absolute atomic E-state index is 0.204. The predicted molar refractivity (Wildman–Crippen MR) is 93.1 cm³/mol. The molecule has 0 amide bonds. The highest BCUT2D eigenvalue weighted by Crippen LogP contribution is 2.46. The molecular weight excluding hydrogens is 291 g/mol. The van der Waals surface area contributed by atoms with Gasteiger partial charge in [0.15, 0.2) is 0 Å². The fraction of sp³-hybridized carbons (Fsp3) is 0.158. The van der Waals surface area contributed by atoms with Crippen molar-refractivity contribution in [3.8, 4) is 0 Å². The van der Waals surface area contributed by atoms with Crippen LogP contribution in [0.25, 0.3) is 21.9 Å². The Bertz CT molecular complexity index is 888. The van der Waals surface area contributed by atoms with Gasteiger partial charge < -0.3 is 8.39 Å². The van der Waals surface area contributed by atoms with Crippen molar-refractivity contribution in [1.29, 1.82) is 0 Å². The SMILES string of the molecule is Cc1cccc2op(C3C=CC=C3)oc3cccc(C)c3c12. The highest BCUT2D eigenvalue weighted by atomic mass is 31.1. The molecule has 2 aromatic carbocycles. The summed E-state index contributed by atoms with van der Waals surface area (Å²) in [6.07, 6.45) is 8.39. The van der Waals surface area contributed by atoms with Gasteiger partial charge in [0.25, 0.3) is 0 Å². The predicted octanol–water partition coefficient (Wildman–Crippen LogP) is 6.57. The van der Waals surface area contributed by atoms with Crippen LogP contribution in [0, 0.1) is 13.8 Å². The number of hydrogen-bond donors (Lipinski definition) is 0. The van der Waals surface area contributed by atoms with Gasteiger partial charge in [-0.05, 0) is 37.1 Å². The lowest BCUT2D eigenvalue weighted by Gasteiger charge is -2.02. The maximum atomic E-state index is 6.30. The van der Waals surface area contributed by atoms with E-state index in [0.717, 1.165) is 21.9 Å². The second kappa shape index (κ2) is 5.23. The summed E-state index contributed by atoms with van der Waals surface area (Å²) in [6.45, 7) is 4.25. The molecule has 0 aliphatic heterocycles. The molecule has 110 valence electrons. The van der Waals surface area contributed by atoms with Gasteiger partial charge in [-0.25, -0.2) is 0 Å². The van der Waals surface area contributed by atoms with E-state index in [0.29, 0.717) is 0 Å². The Morgan fingerprint density at radius 3 is 1.77 bits per heavy atom. The maximum absolute atomic E-state index is 6.30. The van der Waals surface area contributed by atoms with Gasteiger partial charge in [-0.1, -0.05) is 48.6 Å². The van der Waals surface area contributed by atoms with Gasteiger partial charge in [-0.15, -0.1) is 0 Å². The summed E-state index contributed by atoms with van der Waals surface area (Å²) in [7, 11) is -1.07. The van der Waals surface area contributed by atoms with Gasteiger partial charge >= 0.3 is 0 Å². The molecule has 1 aromatic heterocycles. The topological polar surface area (TPSA) is 26.3 Å². The summed E-state index contributed by atoms with van der Waals surface area (Å²) >= 11 is 0. The van der Waals surface area contributed by atoms with E-state index in [1.54, 1.807) is 0 Å². The van der Waals surface area contributed by atoms with Crippen LogP contribution in [0.2, 0.25) is 0 Å². The standard InChI is InChI=1S/C19H17O2P/c1-13-7-5-11-16-18(13)19-14(2)8-6-12-17(19)21-22(20-16)15-9-3-4-10-15/h3-12,15H,1-2H3. The van der Waals surface area contributed by atoms with E-state index >= 15 is 0 Å². The van der Waals surface area contributed by atoms with E-state index in [1.807, 2.05) is 24.3 Å². The Labute approximate surface area is 130 Å². The monoisotopic (exact) mass is 308 g/mol. The van der Waals surface area contributed by atoms with Crippen LogP contribution < -0.4 is 0 Å². The molecule has 0 saturated heterocycles. The number of benzene rings is 2. The molecule has 0 bridgehead atoms. The molecule has 4 rings (SSSR count). The molecule has 0 saturated carbocycles. The van der Waals surface area contributed by atoms with Crippen LogP contribution in [-0.2, 0) is 0 Å². The number of rotatable bonds is 1. The van der Waals surface area contributed by atoms with E-state index < -0.39 is 8.01 Å². The third-order valence-corrected chi connectivity index (χ3v) is 5.65. The average molecular weight is 308 g/mol. The fourth-order valence-electron chi connectivity index (χ4n) is 2.97. The first-order valence-corrected chi connectivity index (χ1v) is 8.68. The van der Waals surface area contributed by atoms with Crippen LogP contribution in [0.1, 0.15) is 16.8 Å². The minimum atomic E-state index is -1.07. The molecule has 1 aliphatic rings. The van der Waals surface area contributed by atoms with Crippen molar-refractivity contribution in [2.45, 2.75) is 19.5 Å². The van der Waals surface area contributed by atoms with Crippen molar-refractivity contribution in [1.82, 2.24) is 0 Å². The summed E-state index contributed by atoms with van der Waals surface area (Å²) in [5, 5.41) is 2.32. The van der Waals surface area contributed by atoms with Crippen molar-refractivity contribution in [2.24, 2.45) is 0 Å². The quantitative estimate of drug-likeness (QED) is 0.508. The second-order valence-electron chi connectivity index (χ2n) is 5.62. The van der Waals surface area contributed by atoms with Crippen molar-refractivity contribution in [3.05, 3.63) is 71.8 Å². The van der Waals surface area contributed by atoms with Gasteiger partial charge in [0.1, 0.15) is 11.2 Å². The van der Waals surface area contributed by atoms with Gasteiger partial charge in [-0.3, -0.25) is 0 Å². The van der Waals surface area contributed by atoms with Crippen molar-refractivity contribution >= 4 is 30.0 Å². The first kappa shape index (κ1) is 13.5. The number of hydrogen-bond acceptors (Lipinski definition) is 2. The van der Waals surface area contributed by atoms with E-state index in [1.165, 1.54) is 11.1 Å². The van der Waals surface area contributed by atoms with Crippen LogP contribution in [0.5, 0.6) is 0 Å². The number of aryl methyl sites for hydroxylation is 2. The van der Waals surface area contributed by atoms with Crippen LogP contribution in [0.3, 0.4) is 0 Å². The molecule has 0 atom stereocenters. The van der Waals surface area contributed by atoms with Gasteiger partial charge in [0.05, 0.1) is 5.66 Å². The van der Waals surface area contributed by atoms with Crippen molar-refractivity contribution < 1.29 is 8.39 Å². The molecule has 0 radical (unpaired) electrons. The number of allylic oxidation sites excluding steroid dienone is 4. The van der Waals surface area contributed by atoms with Crippen LogP contribution in [0.4, 0.5) is 0 Å². The summed E-state index contributed by atoms with van der Waals surface area (Å²) in [5.74, 6) is 0. The number of fused-ring (bicyclic) bond motifs is 3. The van der Waals surface area contributed by atoms with Crippen molar-refractivity contribution in [3.63, 3.8) is 0 Å². The highest BCUT2D eigenvalue weighted by molar-refractivity contribution is 7.38. The lowest BCUT2D eigenvalue weighted by molar-refractivity contribution is 0.634. The first-order valence-electron chi connectivity index (χ1n) is 7.44. The Hall–Kier alpha value is -2.18. The Balaban J connectivity index is 2.22. The molecular formula is C19H17O2P. The zero-order valence-corrected chi connectivity index (χ0v) is 13.5. The van der Waals surface area contributed by atoms with Gasteiger partial charge in [0, 0.05) is 10.8 Å². The van der Waals surface area contributed by atoms with Crippen molar-refractivity contribution in [2.75, 3.05) is 0 Å². The molecule has 3 aromatic rings. The molecule has 2 nitrogen and oxygen atoms in total. The fourth-order valence-corrected chi connectivity index (χ4v) is 4.42. The summed E-state index contributed by atoms with van der Waals surface area (Å²) < 4.78 is 12.6. The Morgan fingerprint density at radius 2 is 1.27 bits per heavy atom. The molecule has 22 heavy (non-hydrogen) atoms.